The van der Waals surface area contributed by atoms with Crippen LogP contribution < -0.4 is 0 Å². The summed E-state index contributed by atoms with van der Waals surface area (Å²) in [5.74, 6) is 0. The quantitative estimate of drug-likeness (QED) is 0.131. The normalized spacial score (nSPS) is 13.5. The fourth-order valence-electron chi connectivity index (χ4n) is 4.33. The molecule has 5 aromatic rings. The van der Waals surface area contributed by atoms with Gasteiger partial charge in [0.05, 0.1) is 33.4 Å². The van der Waals surface area contributed by atoms with E-state index in [-0.39, 0.29) is 19.9 Å². The van der Waals surface area contributed by atoms with Gasteiger partial charge in [-0.05, 0) is 24.3 Å². The summed E-state index contributed by atoms with van der Waals surface area (Å²) in [5.41, 5.74) is -12.2. The van der Waals surface area contributed by atoms with Crippen molar-refractivity contribution in [2.45, 2.75) is 24.7 Å². The molecule has 2 heterocycles. The number of halogens is 14. The minimum absolute atomic E-state index is 0.148. The maximum Gasteiger partial charge on any atom is 0.417 e. The van der Waals surface area contributed by atoms with Crippen LogP contribution in [0.15, 0.2) is 45.2 Å². The number of aromatic nitrogens is 2. The third-order valence-corrected chi connectivity index (χ3v) is 6.90. The van der Waals surface area contributed by atoms with Crippen LogP contribution in [0.3, 0.4) is 0 Å². The molecule has 3 aromatic carbocycles. The number of alkyl halides is 12. The van der Waals surface area contributed by atoms with Gasteiger partial charge in [0.1, 0.15) is 11.0 Å². The van der Waals surface area contributed by atoms with Crippen LogP contribution in [0.1, 0.15) is 22.3 Å². The third-order valence-electron chi connectivity index (χ3n) is 5.97. The number of oxazole rings is 2. The minimum Gasteiger partial charge on any atom is -0.431 e. The van der Waals surface area contributed by atoms with Gasteiger partial charge in [0.2, 0.25) is 0 Å². The molecule has 5 rings (SSSR count). The Hall–Kier alpha value is -2.78. The van der Waals surface area contributed by atoms with Gasteiger partial charge in [-0.15, -0.1) is 0 Å². The summed E-state index contributed by atoms with van der Waals surface area (Å²) in [6, 6.07) is 1.42. The van der Waals surface area contributed by atoms with E-state index in [1.54, 1.807) is 0 Å². The Kier molecular flexibility index (Phi) is 7.21. The summed E-state index contributed by atoms with van der Waals surface area (Å²) >= 11 is 2.89. The Bertz CT molecular complexity index is 1680. The predicted octanol–water partition coefficient (Wildman–Crippen LogP) is 10.6. The van der Waals surface area contributed by atoms with Gasteiger partial charge in [-0.3, -0.25) is 0 Å². The number of nitrogens with zero attached hydrogens (tertiary/aromatic N) is 2. The van der Waals surface area contributed by atoms with E-state index >= 15 is 0 Å². The lowest BCUT2D eigenvalue weighted by atomic mass is 9.90. The molecule has 0 aliphatic rings. The number of fused-ring (bicyclic) bond motifs is 2. The lowest BCUT2D eigenvalue weighted by Gasteiger charge is -2.18. The zero-order valence-electron chi connectivity index (χ0n) is 19.5. The molecule has 0 unspecified atom stereocenters. The SMILES string of the molecule is FC(F)(F)c1ccc(-c2c3nc(I)oc3c(-c3ccc(C(F)(F)F)cc3C(F)(F)F)c3nc(I)oc23)c(C(F)(F)F)c1. The Morgan fingerprint density at radius 1 is 0.500 bits per heavy atom. The molecule has 0 N–H and O–H groups in total. The van der Waals surface area contributed by atoms with Gasteiger partial charge in [0.15, 0.2) is 11.2 Å². The van der Waals surface area contributed by atoms with Crippen LogP contribution >= 0.6 is 45.2 Å². The van der Waals surface area contributed by atoms with Crippen LogP contribution in [-0.4, -0.2) is 9.97 Å². The lowest BCUT2D eigenvalue weighted by Crippen LogP contribution is -2.13. The van der Waals surface area contributed by atoms with E-state index in [0.717, 1.165) is 0 Å². The van der Waals surface area contributed by atoms with Crippen LogP contribution in [0.25, 0.3) is 44.5 Å². The number of rotatable bonds is 2. The van der Waals surface area contributed by atoms with Crippen molar-refractivity contribution in [2.24, 2.45) is 0 Å². The average Bonchev–Trinajstić information content (AvgIpc) is 3.40. The molecule has 0 atom stereocenters. The average molecular weight is 836 g/mol. The molecule has 18 heteroatoms. The largest absolute Gasteiger partial charge is 0.431 e. The highest BCUT2D eigenvalue weighted by Crippen LogP contribution is 2.50. The summed E-state index contributed by atoms with van der Waals surface area (Å²) in [6.07, 6.45) is -21.0. The fourth-order valence-corrected chi connectivity index (χ4v) is 5.25. The van der Waals surface area contributed by atoms with Crippen LogP contribution in [0.2, 0.25) is 0 Å². The molecule has 0 saturated carbocycles. The predicted molar refractivity (Wildman–Crippen MR) is 138 cm³/mol. The van der Waals surface area contributed by atoms with Crippen molar-refractivity contribution in [2.75, 3.05) is 0 Å². The van der Waals surface area contributed by atoms with Crippen molar-refractivity contribution in [3.8, 4) is 22.3 Å². The Morgan fingerprint density at radius 3 is 1.12 bits per heavy atom. The molecule has 0 amide bonds. The lowest BCUT2D eigenvalue weighted by molar-refractivity contribution is -0.144. The van der Waals surface area contributed by atoms with E-state index in [1.165, 1.54) is 45.2 Å². The first-order valence-corrected chi connectivity index (χ1v) is 13.0. The van der Waals surface area contributed by atoms with Gasteiger partial charge >= 0.3 is 24.7 Å². The molecule has 222 valence electrons. The molecule has 0 aliphatic carbocycles. The summed E-state index contributed by atoms with van der Waals surface area (Å²) in [6.45, 7) is 0. The van der Waals surface area contributed by atoms with Crippen LogP contribution in [-0.2, 0) is 24.7 Å². The molecule has 42 heavy (non-hydrogen) atoms. The molecule has 0 saturated heterocycles. The van der Waals surface area contributed by atoms with Crippen molar-refractivity contribution >= 4 is 67.4 Å². The van der Waals surface area contributed by atoms with E-state index in [0.29, 0.717) is 24.3 Å². The molecule has 0 fully saturated rings. The van der Waals surface area contributed by atoms with Gasteiger partial charge < -0.3 is 8.83 Å². The smallest absolute Gasteiger partial charge is 0.417 e. The zero-order chi connectivity index (χ0) is 31.2. The number of hydrogen-bond donors (Lipinski definition) is 0. The van der Waals surface area contributed by atoms with Gasteiger partial charge in [0, 0.05) is 56.3 Å². The van der Waals surface area contributed by atoms with Crippen LogP contribution in [0.4, 0.5) is 52.7 Å². The van der Waals surface area contributed by atoms with Gasteiger partial charge in [-0.25, -0.2) is 9.97 Å². The van der Waals surface area contributed by atoms with Crippen molar-refractivity contribution in [1.82, 2.24) is 9.97 Å². The summed E-state index contributed by atoms with van der Waals surface area (Å²) in [7, 11) is 0. The van der Waals surface area contributed by atoms with E-state index in [1.807, 2.05) is 0 Å². The molecule has 0 radical (unpaired) electrons. The molecule has 0 spiro atoms. The van der Waals surface area contributed by atoms with E-state index in [2.05, 4.69) is 9.97 Å². The number of hydrogen-bond acceptors (Lipinski definition) is 4. The molecular formula is C24H6F12I2N2O2. The Labute approximate surface area is 251 Å². The van der Waals surface area contributed by atoms with Gasteiger partial charge in [0.25, 0.3) is 7.79 Å². The van der Waals surface area contributed by atoms with Crippen molar-refractivity contribution < 1.29 is 61.5 Å². The monoisotopic (exact) mass is 836 g/mol. The number of benzene rings is 3. The van der Waals surface area contributed by atoms with E-state index < -0.39 is 91.4 Å². The second kappa shape index (κ2) is 9.88. The van der Waals surface area contributed by atoms with Crippen molar-refractivity contribution in [3.05, 3.63) is 66.4 Å². The Morgan fingerprint density at radius 2 is 0.833 bits per heavy atom. The van der Waals surface area contributed by atoms with Gasteiger partial charge in [-0.2, -0.15) is 52.7 Å². The fraction of sp³-hybridized carbons (Fsp3) is 0.167. The van der Waals surface area contributed by atoms with Crippen LogP contribution in [0, 0.1) is 7.79 Å². The van der Waals surface area contributed by atoms with Crippen LogP contribution in [0.5, 0.6) is 0 Å². The standard InChI is InChI=1S/C24H6F12I2N2O2/c25-21(26,27)7-1-3-9(11(5-7)23(31,32)33)13-15-18(42-19(37)39-15)14(16-17(13)41-20(38)40-16)10-4-2-8(22(28,29)30)6-12(10)24(34,35)36/h1-6H. The van der Waals surface area contributed by atoms with Crippen molar-refractivity contribution in [3.63, 3.8) is 0 Å². The zero-order valence-corrected chi connectivity index (χ0v) is 23.8. The van der Waals surface area contributed by atoms with E-state index in [4.69, 9.17) is 8.83 Å². The first-order valence-electron chi connectivity index (χ1n) is 10.8. The Balaban J connectivity index is 1.95. The summed E-state index contributed by atoms with van der Waals surface area (Å²) in [5, 5.41) is 0. The van der Waals surface area contributed by atoms with E-state index in [9.17, 15) is 52.7 Å². The maximum atomic E-state index is 14.1. The third kappa shape index (κ3) is 5.39. The molecule has 0 aliphatic heterocycles. The minimum atomic E-state index is -5.37. The molecule has 2 aromatic heterocycles. The highest BCUT2D eigenvalue weighted by Gasteiger charge is 2.42. The first-order chi connectivity index (χ1) is 19.2. The first kappa shape index (κ1) is 30.7. The highest BCUT2D eigenvalue weighted by molar-refractivity contribution is 14.1. The molecule has 4 nitrogen and oxygen atoms in total. The molecular weight excluding hydrogens is 830 g/mol. The second-order valence-electron chi connectivity index (χ2n) is 8.55. The topological polar surface area (TPSA) is 52.1 Å². The van der Waals surface area contributed by atoms with Crippen molar-refractivity contribution in [1.29, 1.82) is 0 Å². The highest BCUT2D eigenvalue weighted by atomic mass is 127. The van der Waals surface area contributed by atoms with Gasteiger partial charge in [-0.1, -0.05) is 12.1 Å². The molecule has 0 bridgehead atoms. The summed E-state index contributed by atoms with van der Waals surface area (Å²) in [4.78, 5) is 7.91. The summed E-state index contributed by atoms with van der Waals surface area (Å²) < 4.78 is 175. The maximum absolute atomic E-state index is 14.1. The second-order valence-corrected chi connectivity index (χ2v) is 10.4.